The molecule has 0 saturated heterocycles. The van der Waals surface area contributed by atoms with Crippen molar-refractivity contribution < 1.29 is 4.74 Å². The zero-order chi connectivity index (χ0) is 14.7. The number of anilines is 1. The lowest BCUT2D eigenvalue weighted by Gasteiger charge is -2.03. The monoisotopic (exact) mass is 298 g/mol. The number of benzene rings is 2. The van der Waals surface area contributed by atoms with Crippen LogP contribution in [0.1, 0.15) is 18.1 Å². The van der Waals surface area contributed by atoms with Gasteiger partial charge in [0.2, 0.25) is 0 Å². The van der Waals surface area contributed by atoms with Crippen LogP contribution in [0.5, 0.6) is 5.75 Å². The third kappa shape index (κ3) is 3.00. The molecule has 0 saturated carbocycles. The van der Waals surface area contributed by atoms with E-state index in [1.165, 1.54) is 15.8 Å². The minimum atomic E-state index is 0.791. The first-order valence-corrected chi connectivity index (χ1v) is 7.87. The van der Waals surface area contributed by atoms with E-state index in [9.17, 15) is 0 Å². The molecule has 3 aromatic rings. The van der Waals surface area contributed by atoms with Crippen molar-refractivity contribution >= 4 is 26.7 Å². The number of methoxy groups -OCH3 is 1. The van der Waals surface area contributed by atoms with Gasteiger partial charge in [-0.25, -0.2) is 4.98 Å². The van der Waals surface area contributed by atoms with Gasteiger partial charge in [-0.3, -0.25) is 0 Å². The SMILES string of the molecule is CCc1cc(OC)cc2sc(NCc3ccccc3)nc12. The summed E-state index contributed by atoms with van der Waals surface area (Å²) >= 11 is 1.67. The lowest BCUT2D eigenvalue weighted by Crippen LogP contribution is -1.98. The molecule has 108 valence electrons. The second-order valence-corrected chi connectivity index (χ2v) is 5.88. The second kappa shape index (κ2) is 6.14. The molecule has 1 aromatic heterocycles. The van der Waals surface area contributed by atoms with Crippen molar-refractivity contribution in [1.29, 1.82) is 0 Å². The second-order valence-electron chi connectivity index (χ2n) is 4.84. The molecule has 0 aliphatic heterocycles. The van der Waals surface area contributed by atoms with Gasteiger partial charge >= 0.3 is 0 Å². The van der Waals surface area contributed by atoms with Crippen LogP contribution in [0, 0.1) is 0 Å². The minimum Gasteiger partial charge on any atom is -0.497 e. The van der Waals surface area contributed by atoms with Crippen molar-refractivity contribution in [2.45, 2.75) is 19.9 Å². The summed E-state index contributed by atoms with van der Waals surface area (Å²) in [6, 6.07) is 14.5. The average molecular weight is 298 g/mol. The number of nitrogens with one attached hydrogen (secondary N) is 1. The predicted octanol–water partition coefficient (Wildman–Crippen LogP) is 4.48. The number of rotatable bonds is 5. The predicted molar refractivity (Wildman–Crippen MR) is 89.3 cm³/mol. The average Bonchev–Trinajstić information content (AvgIpc) is 2.95. The number of fused-ring (bicyclic) bond motifs is 1. The van der Waals surface area contributed by atoms with Gasteiger partial charge < -0.3 is 10.1 Å². The van der Waals surface area contributed by atoms with Crippen molar-refractivity contribution in [3.05, 3.63) is 53.6 Å². The van der Waals surface area contributed by atoms with E-state index in [4.69, 9.17) is 9.72 Å². The molecular formula is C17H18N2OS. The number of hydrogen-bond donors (Lipinski definition) is 1. The molecule has 0 radical (unpaired) electrons. The molecule has 0 aliphatic rings. The molecule has 2 aromatic carbocycles. The first kappa shape index (κ1) is 13.9. The summed E-state index contributed by atoms with van der Waals surface area (Å²) < 4.78 is 6.53. The van der Waals surface area contributed by atoms with Gasteiger partial charge in [0.05, 0.1) is 17.3 Å². The molecule has 0 unspecified atom stereocenters. The zero-order valence-corrected chi connectivity index (χ0v) is 13.0. The third-order valence-corrected chi connectivity index (χ3v) is 4.41. The first-order valence-electron chi connectivity index (χ1n) is 7.05. The largest absolute Gasteiger partial charge is 0.497 e. The zero-order valence-electron chi connectivity index (χ0n) is 12.2. The summed E-state index contributed by atoms with van der Waals surface area (Å²) in [6.45, 7) is 2.93. The van der Waals surface area contributed by atoms with Gasteiger partial charge in [-0.1, -0.05) is 48.6 Å². The minimum absolute atomic E-state index is 0.791. The van der Waals surface area contributed by atoms with E-state index in [-0.39, 0.29) is 0 Å². The molecule has 0 atom stereocenters. The van der Waals surface area contributed by atoms with E-state index in [1.54, 1.807) is 18.4 Å². The fourth-order valence-corrected chi connectivity index (χ4v) is 3.25. The normalized spacial score (nSPS) is 10.8. The summed E-state index contributed by atoms with van der Waals surface area (Å²) in [5.41, 5.74) is 3.57. The summed E-state index contributed by atoms with van der Waals surface area (Å²) in [6.07, 6.45) is 0.954. The topological polar surface area (TPSA) is 34.1 Å². The highest BCUT2D eigenvalue weighted by atomic mass is 32.1. The summed E-state index contributed by atoms with van der Waals surface area (Å²) in [7, 11) is 1.70. The summed E-state index contributed by atoms with van der Waals surface area (Å²) in [5, 5.41) is 4.36. The van der Waals surface area contributed by atoms with Crippen LogP contribution < -0.4 is 10.1 Å². The van der Waals surface area contributed by atoms with Crippen LogP contribution in [0.4, 0.5) is 5.13 Å². The number of nitrogens with zero attached hydrogens (tertiary/aromatic N) is 1. The molecule has 0 fully saturated rings. The molecule has 1 N–H and O–H groups in total. The molecule has 0 aliphatic carbocycles. The fourth-order valence-electron chi connectivity index (χ4n) is 2.31. The Kier molecular flexibility index (Phi) is 4.06. The van der Waals surface area contributed by atoms with Crippen LogP contribution >= 0.6 is 11.3 Å². The molecule has 0 spiro atoms. The van der Waals surface area contributed by atoms with E-state index in [0.29, 0.717) is 0 Å². The Morgan fingerprint density at radius 2 is 2.00 bits per heavy atom. The molecule has 3 nitrogen and oxygen atoms in total. The standard InChI is InChI=1S/C17H18N2OS/c1-3-13-9-14(20-2)10-15-16(13)19-17(21-15)18-11-12-7-5-4-6-8-12/h4-10H,3,11H2,1-2H3,(H,18,19). The van der Waals surface area contributed by atoms with Crippen molar-refractivity contribution in [1.82, 2.24) is 4.98 Å². The first-order chi connectivity index (χ1) is 10.3. The molecule has 1 heterocycles. The fraction of sp³-hybridized carbons (Fsp3) is 0.235. The Hall–Kier alpha value is -2.07. The van der Waals surface area contributed by atoms with Gasteiger partial charge in [0, 0.05) is 6.54 Å². The van der Waals surface area contributed by atoms with Gasteiger partial charge in [-0.15, -0.1) is 0 Å². The lowest BCUT2D eigenvalue weighted by molar-refractivity contribution is 0.415. The highest BCUT2D eigenvalue weighted by molar-refractivity contribution is 7.22. The molecular weight excluding hydrogens is 280 g/mol. The Labute approximate surface area is 128 Å². The summed E-state index contributed by atoms with van der Waals surface area (Å²) in [4.78, 5) is 4.73. The van der Waals surface area contributed by atoms with Gasteiger partial charge in [-0.2, -0.15) is 0 Å². The molecule has 0 bridgehead atoms. The highest BCUT2D eigenvalue weighted by Crippen LogP contribution is 2.32. The summed E-state index contributed by atoms with van der Waals surface area (Å²) in [5.74, 6) is 0.901. The Morgan fingerprint density at radius 1 is 1.19 bits per heavy atom. The quantitative estimate of drug-likeness (QED) is 0.754. The van der Waals surface area contributed by atoms with E-state index in [0.717, 1.165) is 29.4 Å². The number of ether oxygens (including phenoxy) is 1. The van der Waals surface area contributed by atoms with E-state index in [2.05, 4.69) is 48.6 Å². The van der Waals surface area contributed by atoms with Gasteiger partial charge in [-0.05, 0) is 29.7 Å². The van der Waals surface area contributed by atoms with Crippen LogP contribution in [0.25, 0.3) is 10.2 Å². The Balaban J connectivity index is 1.87. The maximum absolute atomic E-state index is 5.36. The number of hydrogen-bond acceptors (Lipinski definition) is 4. The smallest absolute Gasteiger partial charge is 0.184 e. The van der Waals surface area contributed by atoms with Gasteiger partial charge in [0.1, 0.15) is 5.75 Å². The van der Waals surface area contributed by atoms with Crippen LogP contribution in [0.3, 0.4) is 0 Å². The third-order valence-electron chi connectivity index (χ3n) is 3.45. The van der Waals surface area contributed by atoms with Crippen LogP contribution in [0.2, 0.25) is 0 Å². The van der Waals surface area contributed by atoms with Crippen molar-refractivity contribution in [3.63, 3.8) is 0 Å². The Bertz CT molecular complexity index is 737. The molecule has 3 rings (SSSR count). The maximum Gasteiger partial charge on any atom is 0.184 e. The number of thiazole rings is 1. The molecule has 21 heavy (non-hydrogen) atoms. The van der Waals surface area contributed by atoms with Crippen LogP contribution in [-0.4, -0.2) is 12.1 Å². The van der Waals surface area contributed by atoms with Crippen LogP contribution in [0.15, 0.2) is 42.5 Å². The highest BCUT2D eigenvalue weighted by Gasteiger charge is 2.09. The van der Waals surface area contributed by atoms with Crippen molar-refractivity contribution in [2.24, 2.45) is 0 Å². The Morgan fingerprint density at radius 3 is 2.71 bits per heavy atom. The van der Waals surface area contributed by atoms with E-state index < -0.39 is 0 Å². The number of aromatic nitrogens is 1. The van der Waals surface area contributed by atoms with Crippen LogP contribution in [-0.2, 0) is 13.0 Å². The van der Waals surface area contributed by atoms with Crippen molar-refractivity contribution in [3.8, 4) is 5.75 Å². The maximum atomic E-state index is 5.36. The lowest BCUT2D eigenvalue weighted by atomic mass is 10.1. The number of aryl methyl sites for hydroxylation is 1. The van der Waals surface area contributed by atoms with E-state index in [1.807, 2.05) is 6.07 Å². The van der Waals surface area contributed by atoms with Crippen molar-refractivity contribution in [2.75, 3.05) is 12.4 Å². The van der Waals surface area contributed by atoms with Gasteiger partial charge in [0.15, 0.2) is 5.13 Å². The van der Waals surface area contributed by atoms with Gasteiger partial charge in [0.25, 0.3) is 0 Å². The molecule has 4 heteroatoms. The van der Waals surface area contributed by atoms with E-state index >= 15 is 0 Å². The molecule has 0 amide bonds.